The first kappa shape index (κ1) is 11.9. The van der Waals surface area contributed by atoms with Crippen LogP contribution in [0.2, 0.25) is 0 Å². The molecule has 1 aromatic rings. The molecular formula is C12H19NO2. The van der Waals surface area contributed by atoms with Crippen molar-refractivity contribution in [2.24, 2.45) is 5.73 Å². The van der Waals surface area contributed by atoms with E-state index in [1.807, 2.05) is 38.1 Å². The lowest BCUT2D eigenvalue weighted by Crippen LogP contribution is -2.18. The monoisotopic (exact) mass is 209 g/mol. The number of nitrogens with two attached hydrogens (primary N) is 1. The summed E-state index contributed by atoms with van der Waals surface area (Å²) in [6.45, 7) is 5.25. The van der Waals surface area contributed by atoms with Gasteiger partial charge in [0, 0.05) is 12.1 Å². The Morgan fingerprint density at radius 1 is 1.27 bits per heavy atom. The second-order valence-corrected chi connectivity index (χ2v) is 3.52. The van der Waals surface area contributed by atoms with Gasteiger partial charge in [-0.2, -0.15) is 0 Å². The van der Waals surface area contributed by atoms with Gasteiger partial charge in [0.15, 0.2) is 0 Å². The average molecular weight is 209 g/mol. The molecule has 0 saturated carbocycles. The van der Waals surface area contributed by atoms with Crippen molar-refractivity contribution in [3.63, 3.8) is 0 Å². The van der Waals surface area contributed by atoms with Gasteiger partial charge in [-0.3, -0.25) is 0 Å². The van der Waals surface area contributed by atoms with Gasteiger partial charge in [-0.15, -0.1) is 0 Å². The van der Waals surface area contributed by atoms with Crippen LogP contribution in [0.1, 0.15) is 20.3 Å². The Balaban J connectivity index is 2.43. The van der Waals surface area contributed by atoms with Crippen molar-refractivity contribution in [2.75, 3.05) is 13.2 Å². The molecule has 15 heavy (non-hydrogen) atoms. The summed E-state index contributed by atoms with van der Waals surface area (Å²) in [4.78, 5) is 0. The van der Waals surface area contributed by atoms with E-state index in [2.05, 4.69) is 0 Å². The first-order valence-corrected chi connectivity index (χ1v) is 5.33. The molecule has 2 N–H and O–H groups in total. The van der Waals surface area contributed by atoms with Crippen LogP contribution in [0.5, 0.6) is 11.5 Å². The highest BCUT2D eigenvalue weighted by atomic mass is 16.5. The van der Waals surface area contributed by atoms with Gasteiger partial charge in [0.25, 0.3) is 0 Å². The Kier molecular flexibility index (Phi) is 4.98. The Bertz CT molecular complexity index is 287. The zero-order valence-corrected chi connectivity index (χ0v) is 9.40. The summed E-state index contributed by atoms with van der Waals surface area (Å²) in [5, 5.41) is 0. The van der Waals surface area contributed by atoms with Gasteiger partial charge in [0.2, 0.25) is 0 Å². The molecule has 1 atom stereocenters. The Labute approximate surface area is 91.2 Å². The van der Waals surface area contributed by atoms with Gasteiger partial charge in [0.05, 0.1) is 13.2 Å². The van der Waals surface area contributed by atoms with Gasteiger partial charge in [-0.05, 0) is 32.4 Å². The third kappa shape index (κ3) is 4.70. The van der Waals surface area contributed by atoms with Crippen molar-refractivity contribution in [3.05, 3.63) is 24.3 Å². The van der Waals surface area contributed by atoms with Crippen LogP contribution in [0.15, 0.2) is 24.3 Å². The van der Waals surface area contributed by atoms with Crippen molar-refractivity contribution in [2.45, 2.75) is 26.3 Å². The zero-order valence-electron chi connectivity index (χ0n) is 9.40. The predicted molar refractivity (Wildman–Crippen MR) is 61.4 cm³/mol. The lowest BCUT2D eigenvalue weighted by Gasteiger charge is -2.09. The normalized spacial score (nSPS) is 12.2. The van der Waals surface area contributed by atoms with E-state index in [4.69, 9.17) is 15.2 Å². The summed E-state index contributed by atoms with van der Waals surface area (Å²) >= 11 is 0. The Morgan fingerprint density at radius 2 is 1.93 bits per heavy atom. The minimum Gasteiger partial charge on any atom is -0.494 e. The first-order chi connectivity index (χ1) is 7.22. The highest BCUT2D eigenvalue weighted by Gasteiger charge is 1.98. The minimum absolute atomic E-state index is 0.181. The summed E-state index contributed by atoms with van der Waals surface area (Å²) in [5.74, 6) is 1.68. The van der Waals surface area contributed by atoms with E-state index < -0.39 is 0 Å². The molecule has 0 aliphatic carbocycles. The lowest BCUT2D eigenvalue weighted by atomic mass is 10.3. The van der Waals surface area contributed by atoms with Crippen LogP contribution < -0.4 is 15.2 Å². The van der Waals surface area contributed by atoms with E-state index in [9.17, 15) is 0 Å². The maximum absolute atomic E-state index is 5.63. The van der Waals surface area contributed by atoms with E-state index in [0.29, 0.717) is 13.2 Å². The van der Waals surface area contributed by atoms with Crippen LogP contribution in [0, 0.1) is 0 Å². The third-order valence-corrected chi connectivity index (χ3v) is 1.96. The van der Waals surface area contributed by atoms with E-state index in [-0.39, 0.29) is 6.04 Å². The molecule has 3 heteroatoms. The van der Waals surface area contributed by atoms with Crippen LogP contribution >= 0.6 is 0 Å². The summed E-state index contributed by atoms with van der Waals surface area (Å²) in [6, 6.07) is 7.84. The summed E-state index contributed by atoms with van der Waals surface area (Å²) in [5.41, 5.74) is 5.63. The van der Waals surface area contributed by atoms with Crippen molar-refractivity contribution >= 4 is 0 Å². The second kappa shape index (κ2) is 6.30. The van der Waals surface area contributed by atoms with Gasteiger partial charge >= 0.3 is 0 Å². The van der Waals surface area contributed by atoms with Crippen molar-refractivity contribution in [3.8, 4) is 11.5 Å². The molecular weight excluding hydrogens is 190 g/mol. The molecule has 0 aromatic heterocycles. The molecule has 3 nitrogen and oxygen atoms in total. The Morgan fingerprint density at radius 3 is 2.53 bits per heavy atom. The summed E-state index contributed by atoms with van der Waals surface area (Å²) < 4.78 is 10.9. The molecule has 84 valence electrons. The average Bonchev–Trinajstić information content (AvgIpc) is 2.18. The molecule has 0 aliphatic rings. The van der Waals surface area contributed by atoms with Crippen LogP contribution in [-0.4, -0.2) is 19.3 Å². The van der Waals surface area contributed by atoms with Crippen molar-refractivity contribution < 1.29 is 9.47 Å². The molecule has 1 aromatic carbocycles. The van der Waals surface area contributed by atoms with Crippen molar-refractivity contribution in [1.29, 1.82) is 0 Å². The molecule has 0 heterocycles. The molecule has 0 bridgehead atoms. The van der Waals surface area contributed by atoms with Crippen molar-refractivity contribution in [1.82, 2.24) is 0 Å². The lowest BCUT2D eigenvalue weighted by molar-refractivity contribution is 0.296. The van der Waals surface area contributed by atoms with Gasteiger partial charge in [-0.25, -0.2) is 0 Å². The molecule has 0 amide bonds. The Hall–Kier alpha value is -1.22. The standard InChI is InChI=1S/C12H19NO2/c1-3-14-11-5-4-6-12(9-11)15-8-7-10(2)13/h4-6,9-10H,3,7-8,13H2,1-2H3. The fraction of sp³-hybridized carbons (Fsp3) is 0.500. The molecule has 0 aliphatic heterocycles. The van der Waals surface area contributed by atoms with E-state index in [0.717, 1.165) is 17.9 Å². The van der Waals surface area contributed by atoms with E-state index in [1.54, 1.807) is 0 Å². The highest BCUT2D eigenvalue weighted by molar-refractivity contribution is 5.32. The van der Waals surface area contributed by atoms with E-state index >= 15 is 0 Å². The SMILES string of the molecule is CCOc1cccc(OCCC(C)N)c1. The molecule has 1 unspecified atom stereocenters. The van der Waals surface area contributed by atoms with E-state index in [1.165, 1.54) is 0 Å². The molecule has 0 spiro atoms. The number of ether oxygens (including phenoxy) is 2. The fourth-order valence-electron chi connectivity index (χ4n) is 1.18. The van der Waals surface area contributed by atoms with Crippen LogP contribution in [0.25, 0.3) is 0 Å². The largest absolute Gasteiger partial charge is 0.494 e. The molecule has 0 radical (unpaired) electrons. The quantitative estimate of drug-likeness (QED) is 0.781. The maximum atomic E-state index is 5.63. The zero-order chi connectivity index (χ0) is 11.1. The predicted octanol–water partition coefficient (Wildman–Crippen LogP) is 2.20. The smallest absolute Gasteiger partial charge is 0.122 e. The second-order valence-electron chi connectivity index (χ2n) is 3.52. The molecule has 1 rings (SSSR count). The fourth-order valence-corrected chi connectivity index (χ4v) is 1.18. The maximum Gasteiger partial charge on any atom is 0.122 e. The molecule has 0 saturated heterocycles. The minimum atomic E-state index is 0.181. The number of benzene rings is 1. The van der Waals surface area contributed by atoms with Crippen LogP contribution in [0.4, 0.5) is 0 Å². The molecule has 0 fully saturated rings. The van der Waals surface area contributed by atoms with Gasteiger partial charge in [0.1, 0.15) is 11.5 Å². The van der Waals surface area contributed by atoms with Gasteiger partial charge < -0.3 is 15.2 Å². The highest BCUT2D eigenvalue weighted by Crippen LogP contribution is 2.19. The van der Waals surface area contributed by atoms with Crippen LogP contribution in [0.3, 0.4) is 0 Å². The van der Waals surface area contributed by atoms with Gasteiger partial charge in [-0.1, -0.05) is 6.07 Å². The first-order valence-electron chi connectivity index (χ1n) is 5.33. The summed E-state index contributed by atoms with van der Waals surface area (Å²) in [6.07, 6.45) is 0.860. The third-order valence-electron chi connectivity index (χ3n) is 1.96. The number of hydrogen-bond acceptors (Lipinski definition) is 3. The summed E-state index contributed by atoms with van der Waals surface area (Å²) in [7, 11) is 0. The topological polar surface area (TPSA) is 44.5 Å². The number of rotatable bonds is 6. The number of hydrogen-bond donors (Lipinski definition) is 1. The van der Waals surface area contributed by atoms with Crippen LogP contribution in [-0.2, 0) is 0 Å².